The first kappa shape index (κ1) is 15.3. The van der Waals surface area contributed by atoms with Crippen molar-refractivity contribution in [2.24, 2.45) is 0 Å². The number of allylic oxidation sites excluding steroid dienone is 1. The molecule has 2 fully saturated rings. The molecule has 0 amide bonds. The monoisotopic (exact) mass is 433 g/mol. The van der Waals surface area contributed by atoms with E-state index in [0.29, 0.717) is 36.4 Å². The second-order valence-electron chi connectivity index (χ2n) is 5.13. The number of ether oxygens (including phenoxy) is 2. The van der Waals surface area contributed by atoms with E-state index in [4.69, 9.17) is 32.7 Å². The lowest BCUT2D eigenvalue weighted by Gasteiger charge is -2.38. The lowest BCUT2D eigenvalue weighted by Crippen LogP contribution is -2.53. The smallest absolute Gasteiger partial charge is 0.237 e. The van der Waals surface area contributed by atoms with Gasteiger partial charge in [0.2, 0.25) is 11.6 Å². The van der Waals surface area contributed by atoms with Crippen LogP contribution in [0.3, 0.4) is 0 Å². The highest BCUT2D eigenvalue weighted by Gasteiger charge is 2.71. The quantitative estimate of drug-likeness (QED) is 0.524. The highest BCUT2D eigenvalue weighted by Crippen LogP contribution is 2.56. The number of fused-ring (bicyclic) bond motifs is 1. The number of ketones is 1. The van der Waals surface area contributed by atoms with E-state index in [-0.39, 0.29) is 17.6 Å². The van der Waals surface area contributed by atoms with Crippen molar-refractivity contribution in [2.45, 2.75) is 23.2 Å². The Morgan fingerprint density at radius 2 is 2.10 bits per heavy atom. The highest BCUT2D eigenvalue weighted by atomic mass is 127. The molecule has 2 saturated heterocycles. The summed E-state index contributed by atoms with van der Waals surface area (Å²) < 4.78 is 11.6. The van der Waals surface area contributed by atoms with Crippen LogP contribution >= 0.6 is 45.8 Å². The first-order valence-corrected chi connectivity index (χ1v) is 8.65. The van der Waals surface area contributed by atoms with E-state index in [0.717, 1.165) is 0 Å². The standard InChI is InChI=1S/C12H14Cl2INO4/c13-8-9(16-1-3-19-4-2-16)12(18)11(14,10(8)17)5-7(6-15)20-12/h7,18H,1-6H2/t7-,11+,12-/m1/s1. The summed E-state index contributed by atoms with van der Waals surface area (Å²) in [6.07, 6.45) is -0.000441. The molecule has 1 N–H and O–H groups in total. The average molecular weight is 434 g/mol. The molecule has 0 saturated carbocycles. The molecular formula is C12H14Cl2INO4. The van der Waals surface area contributed by atoms with Crippen molar-refractivity contribution in [3.05, 3.63) is 10.7 Å². The van der Waals surface area contributed by atoms with Gasteiger partial charge in [-0.3, -0.25) is 4.79 Å². The van der Waals surface area contributed by atoms with E-state index in [2.05, 4.69) is 22.6 Å². The van der Waals surface area contributed by atoms with Gasteiger partial charge in [0.1, 0.15) is 5.03 Å². The number of carbonyl (C=O) groups is 1. The summed E-state index contributed by atoms with van der Waals surface area (Å²) in [5.74, 6) is -2.28. The Kier molecular flexibility index (Phi) is 4.01. The van der Waals surface area contributed by atoms with E-state index in [9.17, 15) is 9.90 Å². The number of nitrogens with zero attached hydrogens (tertiary/aromatic N) is 1. The zero-order valence-corrected chi connectivity index (χ0v) is 14.2. The molecule has 112 valence electrons. The van der Waals surface area contributed by atoms with Gasteiger partial charge in [-0.2, -0.15) is 0 Å². The normalized spacial score (nSPS) is 41.5. The lowest BCUT2D eigenvalue weighted by molar-refractivity contribution is -0.183. The van der Waals surface area contributed by atoms with Crippen LogP contribution in [-0.4, -0.2) is 63.3 Å². The highest BCUT2D eigenvalue weighted by molar-refractivity contribution is 14.1. The molecule has 0 aromatic carbocycles. The van der Waals surface area contributed by atoms with Crippen molar-refractivity contribution in [3.63, 3.8) is 0 Å². The molecule has 8 heteroatoms. The zero-order chi connectivity index (χ0) is 14.5. The Bertz CT molecular complexity index is 482. The summed E-state index contributed by atoms with van der Waals surface area (Å²) in [5.41, 5.74) is 0.301. The van der Waals surface area contributed by atoms with E-state index in [1.54, 1.807) is 0 Å². The Morgan fingerprint density at radius 3 is 2.70 bits per heavy atom. The predicted molar refractivity (Wildman–Crippen MR) is 82.2 cm³/mol. The number of morpholine rings is 1. The second-order valence-corrected chi connectivity index (χ2v) is 7.04. The Labute approximate surface area is 140 Å². The van der Waals surface area contributed by atoms with Gasteiger partial charge >= 0.3 is 0 Å². The third-order valence-corrected chi connectivity index (χ3v) is 5.89. The van der Waals surface area contributed by atoms with Gasteiger partial charge in [0.25, 0.3) is 0 Å². The summed E-state index contributed by atoms with van der Waals surface area (Å²) in [6.45, 7) is 2.13. The largest absolute Gasteiger partial charge is 0.378 e. The van der Waals surface area contributed by atoms with Crippen molar-refractivity contribution in [1.82, 2.24) is 4.90 Å². The lowest BCUT2D eigenvalue weighted by atomic mass is 9.95. The van der Waals surface area contributed by atoms with E-state index >= 15 is 0 Å². The molecule has 5 nitrogen and oxygen atoms in total. The van der Waals surface area contributed by atoms with Crippen LogP contribution in [0.2, 0.25) is 0 Å². The van der Waals surface area contributed by atoms with Crippen molar-refractivity contribution in [2.75, 3.05) is 30.7 Å². The SMILES string of the molecule is O=C1C(Cl)=C(N2CCOCC2)[C@@]2(O)O[C@@H](CI)C[C@]12Cl. The van der Waals surface area contributed by atoms with Crippen LogP contribution in [0.25, 0.3) is 0 Å². The third-order valence-electron chi connectivity index (χ3n) is 3.97. The molecule has 20 heavy (non-hydrogen) atoms. The Hall–Kier alpha value is 0.400. The average Bonchev–Trinajstić information content (AvgIpc) is 2.78. The molecule has 2 heterocycles. The molecule has 0 radical (unpaired) electrons. The maximum atomic E-state index is 12.4. The first-order valence-electron chi connectivity index (χ1n) is 6.37. The number of alkyl halides is 2. The molecule has 3 aliphatic rings. The molecule has 0 unspecified atom stereocenters. The molecular weight excluding hydrogens is 420 g/mol. The van der Waals surface area contributed by atoms with Crippen LogP contribution in [-0.2, 0) is 14.3 Å². The molecule has 1 aliphatic carbocycles. The van der Waals surface area contributed by atoms with Crippen molar-refractivity contribution < 1.29 is 19.4 Å². The summed E-state index contributed by atoms with van der Waals surface area (Å²) in [6, 6.07) is 0. The van der Waals surface area contributed by atoms with Crippen LogP contribution in [0.5, 0.6) is 0 Å². The number of aliphatic hydroxyl groups is 1. The van der Waals surface area contributed by atoms with E-state index < -0.39 is 16.4 Å². The second kappa shape index (κ2) is 5.24. The van der Waals surface area contributed by atoms with Gasteiger partial charge in [0.05, 0.1) is 25.0 Å². The molecule has 0 aromatic heterocycles. The Balaban J connectivity index is 2.02. The fraction of sp³-hybridized carbons (Fsp3) is 0.750. The van der Waals surface area contributed by atoms with Crippen LogP contribution < -0.4 is 0 Å². The molecule has 0 spiro atoms. The number of hydrogen-bond acceptors (Lipinski definition) is 5. The van der Waals surface area contributed by atoms with Gasteiger partial charge in [-0.15, -0.1) is 11.6 Å². The number of Topliss-reactive ketones (excluding diaryl/α,β-unsaturated/α-hetero) is 1. The summed E-state index contributed by atoms with van der Waals surface area (Å²) >= 11 is 14.7. The first-order chi connectivity index (χ1) is 9.44. The van der Waals surface area contributed by atoms with Crippen LogP contribution in [0.1, 0.15) is 6.42 Å². The third kappa shape index (κ3) is 1.95. The number of carbonyl (C=O) groups excluding carboxylic acids is 1. The van der Waals surface area contributed by atoms with Crippen LogP contribution in [0.15, 0.2) is 10.7 Å². The van der Waals surface area contributed by atoms with Crippen LogP contribution in [0, 0.1) is 0 Å². The number of halogens is 3. The molecule has 3 atom stereocenters. The van der Waals surface area contributed by atoms with Gasteiger partial charge in [-0.25, -0.2) is 0 Å². The molecule has 2 aliphatic heterocycles. The molecule has 0 aromatic rings. The van der Waals surface area contributed by atoms with Gasteiger partial charge in [-0.1, -0.05) is 34.2 Å². The minimum Gasteiger partial charge on any atom is -0.378 e. The fourth-order valence-electron chi connectivity index (χ4n) is 2.97. The van der Waals surface area contributed by atoms with Gasteiger partial charge in [0, 0.05) is 23.9 Å². The minimum atomic E-state index is -1.84. The summed E-state index contributed by atoms with van der Waals surface area (Å²) in [7, 11) is 0. The summed E-state index contributed by atoms with van der Waals surface area (Å²) in [4.78, 5) is 12.7. The van der Waals surface area contributed by atoms with Crippen LogP contribution in [0.4, 0.5) is 0 Å². The van der Waals surface area contributed by atoms with Crippen molar-refractivity contribution in [1.29, 1.82) is 0 Å². The fourth-order valence-corrected chi connectivity index (χ4v) is 4.32. The van der Waals surface area contributed by atoms with Crippen molar-refractivity contribution in [3.8, 4) is 0 Å². The van der Waals surface area contributed by atoms with Gasteiger partial charge < -0.3 is 19.5 Å². The maximum Gasteiger partial charge on any atom is 0.237 e. The summed E-state index contributed by atoms with van der Waals surface area (Å²) in [5, 5.41) is 10.9. The molecule has 0 bridgehead atoms. The molecule has 3 rings (SSSR count). The van der Waals surface area contributed by atoms with E-state index in [1.807, 2.05) is 4.90 Å². The number of hydrogen-bond donors (Lipinski definition) is 1. The predicted octanol–water partition coefficient (Wildman–Crippen LogP) is 1.24. The van der Waals surface area contributed by atoms with Gasteiger partial charge in [-0.05, 0) is 0 Å². The van der Waals surface area contributed by atoms with Crippen molar-refractivity contribution >= 4 is 51.6 Å². The minimum absolute atomic E-state index is 0.0173. The number of rotatable bonds is 2. The topological polar surface area (TPSA) is 59.0 Å². The van der Waals surface area contributed by atoms with Gasteiger partial charge in [0.15, 0.2) is 4.87 Å². The van der Waals surface area contributed by atoms with E-state index in [1.165, 1.54) is 0 Å². The Morgan fingerprint density at radius 1 is 1.45 bits per heavy atom. The zero-order valence-electron chi connectivity index (χ0n) is 10.6. The maximum absolute atomic E-state index is 12.4.